The van der Waals surface area contributed by atoms with Crippen LogP contribution in [0.25, 0.3) is 0 Å². The smallest absolute Gasteiger partial charge is 0.260 e. The molecule has 6 nitrogen and oxygen atoms in total. The Hall–Kier alpha value is -2.60. The summed E-state index contributed by atoms with van der Waals surface area (Å²) < 4.78 is 5.70. The summed E-state index contributed by atoms with van der Waals surface area (Å²) in [6, 6.07) is 7.23. The van der Waals surface area contributed by atoms with Crippen LogP contribution in [0.3, 0.4) is 0 Å². The molecule has 1 aromatic heterocycles. The minimum atomic E-state index is -0.260. The zero-order valence-electron chi connectivity index (χ0n) is 13.9. The second kappa shape index (κ2) is 6.04. The predicted molar refractivity (Wildman–Crippen MR) is 98.3 cm³/mol. The Morgan fingerprint density at radius 3 is 3.08 bits per heavy atom. The van der Waals surface area contributed by atoms with Gasteiger partial charge in [-0.3, -0.25) is 9.79 Å². The maximum absolute atomic E-state index is 12.9. The molecular weight excluding hydrogens is 340 g/mol. The van der Waals surface area contributed by atoms with Gasteiger partial charge in [0.1, 0.15) is 17.9 Å². The fourth-order valence-corrected chi connectivity index (χ4v) is 3.31. The number of benzene rings is 1. The quantitative estimate of drug-likeness (QED) is 0.903. The summed E-state index contributed by atoms with van der Waals surface area (Å²) in [5.41, 5.74) is 1.76. The highest BCUT2D eigenvalue weighted by Crippen LogP contribution is 2.35. The molecule has 7 heteroatoms. The summed E-state index contributed by atoms with van der Waals surface area (Å²) in [6.45, 7) is 4.63. The van der Waals surface area contributed by atoms with Gasteiger partial charge in [-0.2, -0.15) is 0 Å². The lowest BCUT2D eigenvalue weighted by Crippen LogP contribution is -2.31. The second-order valence-electron chi connectivity index (χ2n) is 6.09. The second-order valence-corrected chi connectivity index (χ2v) is 6.53. The molecule has 2 aliphatic rings. The lowest BCUT2D eigenvalue weighted by atomic mass is 10.1. The monoisotopic (exact) mass is 356 g/mol. The Morgan fingerprint density at radius 1 is 1.48 bits per heavy atom. The number of nitrogens with zero attached hydrogens (tertiary/aromatic N) is 3. The number of aliphatic imine (C=N–C) groups is 2. The van der Waals surface area contributed by atoms with E-state index in [9.17, 15) is 4.79 Å². The van der Waals surface area contributed by atoms with Gasteiger partial charge >= 0.3 is 0 Å². The van der Waals surface area contributed by atoms with Gasteiger partial charge in [0.15, 0.2) is 0 Å². The van der Waals surface area contributed by atoms with E-state index in [1.165, 1.54) is 0 Å². The van der Waals surface area contributed by atoms with Gasteiger partial charge in [-0.25, -0.2) is 4.99 Å². The molecule has 2 aliphatic heterocycles. The van der Waals surface area contributed by atoms with Gasteiger partial charge in [0.25, 0.3) is 5.91 Å². The summed E-state index contributed by atoms with van der Waals surface area (Å²) in [4.78, 5) is 23.9. The maximum atomic E-state index is 12.9. The average molecular weight is 357 g/mol. The molecule has 0 radical (unpaired) electrons. The van der Waals surface area contributed by atoms with Gasteiger partial charge in [0.2, 0.25) is 5.88 Å². The van der Waals surface area contributed by atoms with E-state index in [1.807, 2.05) is 4.90 Å². The number of hydrogen-bond acceptors (Lipinski definition) is 5. The lowest BCUT2D eigenvalue weighted by Gasteiger charge is -2.18. The molecule has 2 aromatic rings. The predicted octanol–water partition coefficient (Wildman–Crippen LogP) is 4.01. The Kier molecular flexibility index (Phi) is 3.84. The van der Waals surface area contributed by atoms with Crippen molar-refractivity contribution in [2.45, 2.75) is 26.3 Å². The van der Waals surface area contributed by atoms with E-state index in [2.05, 4.69) is 17.2 Å². The maximum Gasteiger partial charge on any atom is 0.260 e. The molecule has 0 saturated heterocycles. The number of fused-ring (bicyclic) bond motifs is 3. The van der Waals surface area contributed by atoms with Crippen LogP contribution < -0.4 is 5.32 Å². The number of amidine groups is 1. The van der Waals surface area contributed by atoms with E-state index in [4.69, 9.17) is 21.0 Å². The minimum Gasteiger partial charge on any atom is -0.442 e. The topological polar surface area (TPSA) is 70.2 Å². The highest BCUT2D eigenvalue weighted by molar-refractivity contribution is 6.31. The van der Waals surface area contributed by atoms with Crippen molar-refractivity contribution in [2.75, 3.05) is 11.9 Å². The van der Waals surface area contributed by atoms with Crippen molar-refractivity contribution in [2.24, 2.45) is 9.98 Å². The van der Waals surface area contributed by atoms with Crippen LogP contribution in [-0.4, -0.2) is 35.6 Å². The van der Waals surface area contributed by atoms with Crippen LogP contribution >= 0.6 is 11.6 Å². The van der Waals surface area contributed by atoms with Crippen molar-refractivity contribution in [3.05, 3.63) is 46.2 Å². The van der Waals surface area contributed by atoms with Gasteiger partial charge in [-0.05, 0) is 31.5 Å². The molecule has 0 spiro atoms. The van der Waals surface area contributed by atoms with Gasteiger partial charge in [-0.1, -0.05) is 24.6 Å². The summed E-state index contributed by atoms with van der Waals surface area (Å²) in [6.07, 6.45) is 2.66. The van der Waals surface area contributed by atoms with Crippen molar-refractivity contribution < 1.29 is 9.21 Å². The first-order valence-electron chi connectivity index (χ1n) is 8.16. The first kappa shape index (κ1) is 15.9. The Bertz CT molecular complexity index is 916. The molecule has 1 atom stereocenters. The molecule has 4 rings (SSSR count). The molecule has 1 N–H and O–H groups in total. The standard InChI is InChI=1S/C18H17ClN4O2/c1-3-12-8-23-9-20-18-15(16(23)21-12)14(10(2)25-18)17(24)22-13-6-4-5-11(19)7-13/h4-7,9,12H,3,8H2,1-2H3,(H,22,24)/t12-/m0/s1. The van der Waals surface area contributed by atoms with Gasteiger partial charge in [0.05, 0.1) is 17.2 Å². The van der Waals surface area contributed by atoms with Crippen LogP contribution in [0.1, 0.15) is 35.0 Å². The zero-order chi connectivity index (χ0) is 17.6. The number of furan rings is 1. The first-order valence-corrected chi connectivity index (χ1v) is 8.54. The minimum absolute atomic E-state index is 0.200. The number of nitrogens with one attached hydrogen (secondary N) is 1. The molecule has 0 unspecified atom stereocenters. The van der Waals surface area contributed by atoms with E-state index in [1.54, 1.807) is 37.5 Å². The molecule has 1 amide bonds. The number of rotatable bonds is 3. The molecule has 0 aliphatic carbocycles. The largest absolute Gasteiger partial charge is 0.442 e. The normalized spacial score (nSPS) is 18.0. The molecular formula is C18H17ClN4O2. The molecule has 0 fully saturated rings. The zero-order valence-corrected chi connectivity index (χ0v) is 14.7. The summed E-state index contributed by atoms with van der Waals surface area (Å²) in [7, 11) is 0. The number of carbonyl (C=O) groups excluding carboxylic acids is 1. The fraction of sp³-hybridized carbons (Fsp3) is 0.278. The van der Waals surface area contributed by atoms with E-state index >= 15 is 0 Å². The first-order chi connectivity index (χ1) is 12.1. The van der Waals surface area contributed by atoms with Crippen LogP contribution in [0.2, 0.25) is 5.02 Å². The van der Waals surface area contributed by atoms with Crippen molar-refractivity contribution in [1.29, 1.82) is 0 Å². The summed E-state index contributed by atoms with van der Waals surface area (Å²) >= 11 is 5.99. The van der Waals surface area contributed by atoms with E-state index in [-0.39, 0.29) is 11.9 Å². The fourth-order valence-electron chi connectivity index (χ4n) is 3.12. The molecule has 3 heterocycles. The van der Waals surface area contributed by atoms with Crippen LogP contribution in [0, 0.1) is 6.92 Å². The highest BCUT2D eigenvalue weighted by Gasteiger charge is 2.35. The van der Waals surface area contributed by atoms with Crippen molar-refractivity contribution >= 4 is 41.3 Å². The number of anilines is 1. The number of amides is 1. The van der Waals surface area contributed by atoms with E-state index < -0.39 is 0 Å². The van der Waals surface area contributed by atoms with Crippen LogP contribution in [0.4, 0.5) is 11.6 Å². The Balaban J connectivity index is 1.73. The molecule has 1 aromatic carbocycles. The summed E-state index contributed by atoms with van der Waals surface area (Å²) in [5.74, 6) is 1.45. The molecule has 0 saturated carbocycles. The van der Waals surface area contributed by atoms with E-state index in [0.717, 1.165) is 18.8 Å². The Morgan fingerprint density at radius 2 is 2.32 bits per heavy atom. The van der Waals surface area contributed by atoms with Gasteiger partial charge in [0, 0.05) is 17.3 Å². The van der Waals surface area contributed by atoms with Crippen molar-refractivity contribution in [1.82, 2.24) is 4.90 Å². The highest BCUT2D eigenvalue weighted by atomic mass is 35.5. The van der Waals surface area contributed by atoms with Gasteiger partial charge in [-0.15, -0.1) is 0 Å². The average Bonchev–Trinajstić information content (AvgIpc) is 3.14. The van der Waals surface area contributed by atoms with Crippen LogP contribution in [0.15, 0.2) is 38.7 Å². The van der Waals surface area contributed by atoms with Crippen LogP contribution in [0.5, 0.6) is 0 Å². The van der Waals surface area contributed by atoms with Gasteiger partial charge < -0.3 is 14.6 Å². The number of carbonyl (C=O) groups is 1. The Labute approximate surface area is 150 Å². The van der Waals surface area contributed by atoms with Crippen molar-refractivity contribution in [3.63, 3.8) is 0 Å². The van der Waals surface area contributed by atoms with Crippen LogP contribution in [-0.2, 0) is 0 Å². The molecule has 0 bridgehead atoms. The molecule has 128 valence electrons. The van der Waals surface area contributed by atoms with Crippen molar-refractivity contribution in [3.8, 4) is 0 Å². The third-order valence-electron chi connectivity index (χ3n) is 4.37. The lowest BCUT2D eigenvalue weighted by molar-refractivity contribution is 0.102. The summed E-state index contributed by atoms with van der Waals surface area (Å²) in [5, 5.41) is 3.43. The SMILES string of the molecule is CC[C@H]1CN2C=Nc3oc(C)c(C(=O)Nc4cccc(Cl)c4)c3C2=N1. The van der Waals surface area contributed by atoms with E-state index in [0.29, 0.717) is 33.5 Å². The number of hydrogen-bond donors (Lipinski definition) is 1. The molecule has 25 heavy (non-hydrogen) atoms. The third kappa shape index (κ3) is 2.72. The third-order valence-corrected chi connectivity index (χ3v) is 4.60. The number of halogens is 1. The number of aryl methyl sites for hydroxylation is 1.